The zero-order valence-electron chi connectivity index (χ0n) is 16.5. The number of anilines is 1. The minimum atomic E-state index is -0.0136. The second-order valence-electron chi connectivity index (χ2n) is 7.05. The van der Waals surface area contributed by atoms with E-state index in [1.165, 1.54) is 11.3 Å². The fourth-order valence-corrected chi connectivity index (χ4v) is 4.47. The molecule has 0 spiro atoms. The molecule has 0 aliphatic carbocycles. The van der Waals surface area contributed by atoms with E-state index in [9.17, 15) is 4.79 Å². The van der Waals surface area contributed by atoms with E-state index < -0.39 is 0 Å². The lowest BCUT2D eigenvalue weighted by atomic mass is 10.1. The van der Waals surface area contributed by atoms with E-state index in [0.29, 0.717) is 17.1 Å². The molecule has 1 heterocycles. The first-order valence-electron chi connectivity index (χ1n) is 8.95. The minimum Gasteiger partial charge on any atom is -0.309 e. The van der Waals surface area contributed by atoms with Crippen molar-refractivity contribution < 1.29 is 4.79 Å². The summed E-state index contributed by atoms with van der Waals surface area (Å²) in [6, 6.07) is 11.5. The smallest absolute Gasteiger partial charge is 0.260 e. The number of carbonyl (C=O) groups excluding carboxylic acids is 1. The standard InChI is InChI=1S/C21H24ClN3OS.ClH/c1-14-7-5-8-16(11-14)20(26)25(10-6-9-24(3)4)21-23-19-15(2)12-17(22)13-18(19)27-21;/h5,7-8,11-13H,6,9-10H2,1-4H3;1H. The zero-order valence-corrected chi connectivity index (χ0v) is 18.9. The van der Waals surface area contributed by atoms with Gasteiger partial charge in [0.2, 0.25) is 0 Å². The molecule has 0 fully saturated rings. The van der Waals surface area contributed by atoms with Crippen molar-refractivity contribution in [2.45, 2.75) is 20.3 Å². The molecular formula is C21H25Cl2N3OS. The zero-order chi connectivity index (χ0) is 19.6. The van der Waals surface area contributed by atoms with Crippen molar-refractivity contribution in [3.8, 4) is 0 Å². The molecule has 1 amide bonds. The number of hydrogen-bond acceptors (Lipinski definition) is 4. The Morgan fingerprint density at radius 2 is 1.89 bits per heavy atom. The van der Waals surface area contributed by atoms with Gasteiger partial charge in [-0.2, -0.15) is 0 Å². The molecule has 0 aliphatic heterocycles. The largest absolute Gasteiger partial charge is 0.309 e. The number of aryl methyl sites for hydroxylation is 2. The van der Waals surface area contributed by atoms with Crippen LogP contribution in [0.5, 0.6) is 0 Å². The lowest BCUT2D eigenvalue weighted by Gasteiger charge is -2.21. The van der Waals surface area contributed by atoms with Crippen molar-refractivity contribution in [3.05, 3.63) is 58.1 Å². The molecule has 0 radical (unpaired) electrons. The van der Waals surface area contributed by atoms with E-state index in [0.717, 1.165) is 39.4 Å². The molecule has 0 aliphatic rings. The third-order valence-corrected chi connectivity index (χ3v) is 5.61. The first-order valence-corrected chi connectivity index (χ1v) is 10.1. The summed E-state index contributed by atoms with van der Waals surface area (Å²) >= 11 is 7.72. The highest BCUT2D eigenvalue weighted by Crippen LogP contribution is 2.33. The van der Waals surface area contributed by atoms with Crippen LogP contribution in [0.3, 0.4) is 0 Å². The summed E-state index contributed by atoms with van der Waals surface area (Å²) in [6.45, 7) is 5.53. The molecule has 28 heavy (non-hydrogen) atoms. The van der Waals surface area contributed by atoms with Crippen LogP contribution < -0.4 is 4.90 Å². The number of amides is 1. The third-order valence-electron chi connectivity index (χ3n) is 4.37. The Balaban J connectivity index is 0.00000280. The van der Waals surface area contributed by atoms with Crippen molar-refractivity contribution in [1.29, 1.82) is 0 Å². The number of rotatable bonds is 6. The van der Waals surface area contributed by atoms with Gasteiger partial charge in [-0.25, -0.2) is 4.98 Å². The number of thiazole rings is 1. The van der Waals surface area contributed by atoms with Gasteiger partial charge in [0.1, 0.15) is 0 Å². The van der Waals surface area contributed by atoms with Gasteiger partial charge in [0, 0.05) is 17.1 Å². The average Bonchev–Trinajstić information content (AvgIpc) is 3.02. The lowest BCUT2D eigenvalue weighted by Crippen LogP contribution is -2.33. The second kappa shape index (κ2) is 9.70. The maximum Gasteiger partial charge on any atom is 0.260 e. The summed E-state index contributed by atoms with van der Waals surface area (Å²) in [6.07, 6.45) is 0.875. The fourth-order valence-electron chi connectivity index (χ4n) is 3.02. The maximum absolute atomic E-state index is 13.3. The predicted molar refractivity (Wildman–Crippen MR) is 123 cm³/mol. The molecule has 0 bridgehead atoms. The Morgan fingerprint density at radius 3 is 2.57 bits per heavy atom. The first-order chi connectivity index (χ1) is 12.8. The van der Waals surface area contributed by atoms with Gasteiger partial charge in [-0.15, -0.1) is 12.4 Å². The van der Waals surface area contributed by atoms with Gasteiger partial charge in [0.15, 0.2) is 5.13 Å². The second-order valence-corrected chi connectivity index (χ2v) is 8.49. The highest BCUT2D eigenvalue weighted by Gasteiger charge is 2.22. The van der Waals surface area contributed by atoms with Crippen LogP contribution in [0.25, 0.3) is 10.2 Å². The first kappa shape index (κ1) is 22.6. The summed E-state index contributed by atoms with van der Waals surface area (Å²) in [7, 11) is 4.07. The van der Waals surface area contributed by atoms with Crippen LogP contribution in [0.2, 0.25) is 5.02 Å². The summed E-state index contributed by atoms with van der Waals surface area (Å²) in [4.78, 5) is 22.0. The fraction of sp³-hybridized carbons (Fsp3) is 0.333. The van der Waals surface area contributed by atoms with Crippen LogP contribution in [0.1, 0.15) is 27.9 Å². The normalized spacial score (nSPS) is 10.9. The quantitative estimate of drug-likeness (QED) is 0.504. The number of nitrogens with zero attached hydrogens (tertiary/aromatic N) is 3. The molecule has 4 nitrogen and oxygen atoms in total. The molecule has 0 saturated heterocycles. The van der Waals surface area contributed by atoms with Gasteiger partial charge in [0.05, 0.1) is 10.2 Å². The summed E-state index contributed by atoms with van der Waals surface area (Å²) < 4.78 is 1.00. The van der Waals surface area contributed by atoms with Crippen LogP contribution in [0, 0.1) is 13.8 Å². The van der Waals surface area contributed by atoms with E-state index >= 15 is 0 Å². The Morgan fingerprint density at radius 1 is 1.14 bits per heavy atom. The Hall–Kier alpha value is -1.66. The molecule has 7 heteroatoms. The number of benzene rings is 2. The van der Waals surface area contributed by atoms with Crippen molar-refractivity contribution in [2.75, 3.05) is 32.1 Å². The number of fused-ring (bicyclic) bond motifs is 1. The van der Waals surface area contributed by atoms with Crippen LogP contribution in [0.15, 0.2) is 36.4 Å². The third kappa shape index (κ3) is 5.23. The maximum atomic E-state index is 13.3. The lowest BCUT2D eigenvalue weighted by molar-refractivity contribution is 0.0986. The van der Waals surface area contributed by atoms with Gasteiger partial charge in [-0.1, -0.05) is 40.6 Å². The minimum absolute atomic E-state index is 0. The number of hydrogen-bond donors (Lipinski definition) is 0. The number of aromatic nitrogens is 1. The van der Waals surface area contributed by atoms with E-state index in [4.69, 9.17) is 16.6 Å². The van der Waals surface area contributed by atoms with E-state index in [2.05, 4.69) is 4.90 Å². The summed E-state index contributed by atoms with van der Waals surface area (Å²) in [5, 5.41) is 1.42. The van der Waals surface area contributed by atoms with Crippen LogP contribution in [-0.4, -0.2) is 43.0 Å². The monoisotopic (exact) mass is 437 g/mol. The topological polar surface area (TPSA) is 36.4 Å². The van der Waals surface area contributed by atoms with Crippen molar-refractivity contribution in [3.63, 3.8) is 0 Å². The molecule has 0 atom stereocenters. The highest BCUT2D eigenvalue weighted by molar-refractivity contribution is 7.22. The van der Waals surface area contributed by atoms with Crippen LogP contribution >= 0.6 is 35.3 Å². The van der Waals surface area contributed by atoms with Gasteiger partial charge in [-0.05, 0) is 70.7 Å². The SMILES string of the molecule is Cc1cccc(C(=O)N(CCCN(C)C)c2nc3c(C)cc(Cl)cc3s2)c1.Cl. The Kier molecular flexibility index (Phi) is 7.84. The van der Waals surface area contributed by atoms with E-state index in [-0.39, 0.29) is 18.3 Å². The molecule has 0 N–H and O–H groups in total. The molecule has 150 valence electrons. The van der Waals surface area contributed by atoms with Gasteiger partial charge in [-0.3, -0.25) is 9.69 Å². The van der Waals surface area contributed by atoms with Gasteiger partial charge in [0.25, 0.3) is 5.91 Å². The van der Waals surface area contributed by atoms with Crippen LogP contribution in [-0.2, 0) is 0 Å². The molecular weight excluding hydrogens is 413 g/mol. The average molecular weight is 438 g/mol. The molecule has 2 aromatic carbocycles. The molecule has 0 unspecified atom stereocenters. The van der Waals surface area contributed by atoms with Crippen molar-refractivity contribution in [2.24, 2.45) is 0 Å². The highest BCUT2D eigenvalue weighted by atomic mass is 35.5. The molecule has 3 rings (SSSR count). The van der Waals surface area contributed by atoms with Crippen molar-refractivity contribution in [1.82, 2.24) is 9.88 Å². The van der Waals surface area contributed by atoms with Gasteiger partial charge >= 0.3 is 0 Å². The van der Waals surface area contributed by atoms with E-state index in [1.807, 2.05) is 64.3 Å². The number of carbonyl (C=O) groups is 1. The summed E-state index contributed by atoms with van der Waals surface area (Å²) in [5.41, 5.74) is 3.69. The number of halogens is 2. The van der Waals surface area contributed by atoms with E-state index in [1.54, 1.807) is 4.90 Å². The Bertz CT molecular complexity index is 971. The summed E-state index contributed by atoms with van der Waals surface area (Å²) in [5.74, 6) is -0.0136. The molecule has 0 saturated carbocycles. The Labute approximate surface area is 181 Å². The van der Waals surface area contributed by atoms with Crippen LogP contribution in [0.4, 0.5) is 5.13 Å². The van der Waals surface area contributed by atoms with Crippen molar-refractivity contribution >= 4 is 56.6 Å². The predicted octanol–water partition coefficient (Wildman–Crippen LogP) is 5.59. The molecule has 3 aromatic rings. The molecule has 1 aromatic heterocycles. The van der Waals surface area contributed by atoms with Gasteiger partial charge < -0.3 is 4.90 Å².